The SMILES string of the molecule is CCCCCCCCCCCCOc1cc2c#cc#cc3cc(OCCCCCCCCCCCC)cc(c#cc4cc(CCO)cc(c#cc5cc(OCCCCCCCCCCCC)cc(c#cc#cc6cc(OCCCCCCCCCCCC)cc(c#cc7cc(CCO)cc(c#cc(c1)c2)c7)c6)c5)c4)c3. The zero-order valence-electron chi connectivity index (χ0n) is 67.9. The maximum Gasteiger partial charge on any atom is 0.121 e. The van der Waals surface area contributed by atoms with E-state index in [0.717, 1.165) is 127 Å². The van der Waals surface area contributed by atoms with Gasteiger partial charge in [-0.3, -0.25) is 0 Å². The number of aliphatic hydroxyl groups is 2. The number of ether oxygens (including phenoxy) is 4. The van der Waals surface area contributed by atoms with Crippen molar-refractivity contribution in [2.24, 2.45) is 0 Å². The van der Waals surface area contributed by atoms with E-state index in [1.54, 1.807) is 0 Å². The Kier molecular flexibility index (Phi) is 45.7. The van der Waals surface area contributed by atoms with Crippen molar-refractivity contribution >= 4 is 64.6 Å². The fraction of sp³-hybridized carbons (Fsp3) is 0.500. The molecule has 0 unspecified atom stereocenters. The molecule has 580 valence electrons. The lowest BCUT2D eigenvalue weighted by Crippen LogP contribution is -1.97. The Hall–Kier alpha value is -9.08. The van der Waals surface area contributed by atoms with E-state index < -0.39 is 0 Å². The van der Waals surface area contributed by atoms with Crippen LogP contribution in [-0.2, 0) is 12.8 Å². The largest absolute Gasteiger partial charge is 0.494 e. The summed E-state index contributed by atoms with van der Waals surface area (Å²) in [4.78, 5) is 0. The highest BCUT2D eigenvalue weighted by molar-refractivity contribution is 5.73. The summed E-state index contributed by atoms with van der Waals surface area (Å²) in [5.41, 5.74) is 1.87. The normalized spacial score (nSPS) is 10.5. The van der Waals surface area contributed by atoms with Crippen LogP contribution in [0.5, 0.6) is 23.0 Å². The molecule has 0 spiro atoms. The number of benzene rings is 6. The number of fused-ring (bicyclic) bond motifs is 12. The quantitative estimate of drug-likeness (QED) is 0.0370. The van der Waals surface area contributed by atoms with Gasteiger partial charge >= 0.3 is 0 Å². The Balaban J connectivity index is 1.32. The third-order valence-corrected chi connectivity index (χ3v) is 19.8. The molecule has 0 fully saturated rings. The van der Waals surface area contributed by atoms with Gasteiger partial charge in [0, 0.05) is 77.8 Å². The van der Waals surface area contributed by atoms with Gasteiger partial charge in [-0.05, 0) is 183 Å². The van der Waals surface area contributed by atoms with Gasteiger partial charge in [-0.2, -0.15) is 0 Å². The molecule has 6 heteroatoms. The van der Waals surface area contributed by atoms with Gasteiger partial charge in [0.1, 0.15) is 23.0 Å². The van der Waals surface area contributed by atoms with E-state index in [-0.39, 0.29) is 13.2 Å². The monoisotopic (exact) mass is 1470 g/mol. The van der Waals surface area contributed by atoms with Gasteiger partial charge in [0.05, 0.1) is 26.4 Å². The predicted octanol–water partition coefficient (Wildman–Crippen LogP) is 27.9. The van der Waals surface area contributed by atoms with Crippen LogP contribution in [0.4, 0.5) is 0 Å². The summed E-state index contributed by atoms with van der Waals surface area (Å²) in [6, 6.07) is 89.6. The highest BCUT2D eigenvalue weighted by Gasteiger charge is 2.05. The maximum absolute atomic E-state index is 10.3. The smallest absolute Gasteiger partial charge is 0.121 e. The maximum atomic E-state index is 10.3. The van der Waals surface area contributed by atoms with Crippen molar-refractivity contribution in [3.63, 3.8) is 0 Å². The van der Waals surface area contributed by atoms with Crippen molar-refractivity contribution in [1.82, 2.24) is 0 Å². The minimum absolute atomic E-state index is 0.0135. The number of rotatable bonds is 52. The summed E-state index contributed by atoms with van der Waals surface area (Å²) in [5.74, 6) is 2.83. The topological polar surface area (TPSA) is 77.4 Å². The molecule has 0 heterocycles. The molecule has 0 atom stereocenters. The van der Waals surface area contributed by atoms with Gasteiger partial charge in [0.2, 0.25) is 0 Å². The van der Waals surface area contributed by atoms with Crippen molar-refractivity contribution in [1.29, 1.82) is 0 Å². The molecule has 0 aromatic heterocycles. The predicted molar refractivity (Wildman–Crippen MR) is 461 cm³/mol. The minimum atomic E-state index is -0.0135. The summed E-state index contributed by atoms with van der Waals surface area (Å²) in [7, 11) is 0. The fourth-order valence-electron chi connectivity index (χ4n) is 13.6. The molecular weight excluding hydrogens is 1350 g/mol. The fourth-order valence-corrected chi connectivity index (χ4v) is 13.6. The van der Waals surface area contributed by atoms with Crippen LogP contribution in [0.3, 0.4) is 0 Å². The van der Waals surface area contributed by atoms with E-state index in [9.17, 15) is 10.2 Å². The molecule has 7 aromatic rings. The third-order valence-electron chi connectivity index (χ3n) is 19.8. The van der Waals surface area contributed by atoms with Crippen LogP contribution in [0, 0.1) is 97.1 Å². The molecule has 0 amide bonds. The van der Waals surface area contributed by atoms with Gasteiger partial charge in [-0.25, -0.2) is 0 Å². The van der Waals surface area contributed by atoms with E-state index in [1.807, 2.05) is 109 Å². The summed E-state index contributed by atoms with van der Waals surface area (Å²) >= 11 is 0. The molecule has 0 saturated carbocycles. The van der Waals surface area contributed by atoms with Crippen LogP contribution in [-0.4, -0.2) is 49.9 Å². The molecule has 0 aliphatic carbocycles. The Morgan fingerprint density at radius 2 is 0.345 bits per heavy atom. The van der Waals surface area contributed by atoms with Crippen LogP contribution in [0.25, 0.3) is 64.6 Å². The molecular formula is C104H128O6. The van der Waals surface area contributed by atoms with Crippen molar-refractivity contribution in [3.8, 4) is 23.0 Å². The zero-order valence-corrected chi connectivity index (χ0v) is 67.9. The lowest BCUT2D eigenvalue weighted by atomic mass is 10.1. The van der Waals surface area contributed by atoms with Gasteiger partial charge in [0.25, 0.3) is 0 Å². The van der Waals surface area contributed by atoms with E-state index in [2.05, 4.69) is 125 Å². The number of unbranched alkanes of at least 4 members (excludes halogenated alkanes) is 36. The number of aliphatic hydroxyl groups excluding tert-OH is 2. The van der Waals surface area contributed by atoms with Crippen LogP contribution >= 0.6 is 0 Å². The average molecular weight is 1470 g/mol. The lowest BCUT2D eigenvalue weighted by molar-refractivity contribution is 0.299. The number of hydrogen-bond acceptors (Lipinski definition) is 6. The van der Waals surface area contributed by atoms with Gasteiger partial charge < -0.3 is 29.2 Å². The summed E-state index contributed by atoms with van der Waals surface area (Å²) in [6.45, 7) is 11.4. The second-order valence-electron chi connectivity index (χ2n) is 29.9. The number of hydrogen-bond donors (Lipinski definition) is 2. The summed E-state index contributed by atoms with van der Waals surface area (Å²) in [6.07, 6.45) is 50.7. The highest BCUT2D eigenvalue weighted by Crippen LogP contribution is 2.25. The molecule has 0 saturated heterocycles. The molecule has 7 aromatic carbocycles. The lowest BCUT2D eigenvalue weighted by Gasteiger charge is -2.06. The van der Waals surface area contributed by atoms with Gasteiger partial charge in [0.15, 0.2) is 0 Å². The molecule has 7 rings (SSSR count). The first-order valence-corrected chi connectivity index (χ1v) is 43.0. The molecule has 0 aliphatic heterocycles. The van der Waals surface area contributed by atoms with Crippen LogP contribution in [0.15, 0.2) is 109 Å². The molecule has 2 N–H and O–H groups in total. The standard InChI is InChI=1S/C104H128O6/c1-5-9-13-17-21-25-29-33-37-45-65-107-101-79-87-49-41-42-50-88-70-96(84-102(80-88)108-66-46-38-34-30-26-22-18-14-10-6-2)59-55-93-74-94(78-100(77-93)62-64-106)56-60-98-72-90(82-104(86-98)110-68-48-40-36-32-28-24-20-16-12-8-4)52-44-43-51-89-71-97(85-103(81-89)109-67-47-39-35-31-27-23-19-15-11-7-3)58-54-92-73-91(53-57-95(69-87)83-101)75-99(76-92)61-63-105/h69-86,105-106H,5-40,45-48,61-68H2,1-4H3. The van der Waals surface area contributed by atoms with Gasteiger partial charge in [-0.1, -0.05) is 332 Å². The first-order chi connectivity index (χ1) is 54.3. The summed E-state index contributed by atoms with van der Waals surface area (Å²) < 4.78 is 26.0. The Labute approximate surface area is 667 Å². The molecule has 0 radical (unpaired) electrons. The average Bonchev–Trinajstić information content (AvgIpc) is 0.847. The zero-order chi connectivity index (χ0) is 77.2. The van der Waals surface area contributed by atoms with Crippen molar-refractivity contribution in [3.05, 3.63) is 217 Å². The molecule has 12 bridgehead atoms. The Bertz CT molecular complexity index is 3570. The van der Waals surface area contributed by atoms with E-state index in [1.165, 1.54) is 205 Å². The Morgan fingerprint density at radius 3 is 0.518 bits per heavy atom. The van der Waals surface area contributed by atoms with Gasteiger partial charge in [-0.15, -0.1) is 0 Å². The highest BCUT2D eigenvalue weighted by atomic mass is 16.5. The van der Waals surface area contributed by atoms with Crippen molar-refractivity contribution in [2.45, 2.75) is 297 Å². The third kappa shape index (κ3) is 39.5. The van der Waals surface area contributed by atoms with Crippen LogP contribution in [0.1, 0.15) is 296 Å². The van der Waals surface area contributed by atoms with E-state index in [4.69, 9.17) is 18.9 Å². The molecule has 6 nitrogen and oxygen atoms in total. The second-order valence-corrected chi connectivity index (χ2v) is 29.9. The first kappa shape index (κ1) is 88.1. The first-order valence-electron chi connectivity index (χ1n) is 43.0. The van der Waals surface area contributed by atoms with Crippen LogP contribution in [0.2, 0.25) is 0 Å². The van der Waals surface area contributed by atoms with E-state index in [0.29, 0.717) is 62.3 Å². The second kappa shape index (κ2) is 57.0. The molecule has 0 aliphatic rings. The van der Waals surface area contributed by atoms with Crippen LogP contribution < -0.4 is 18.9 Å². The minimum Gasteiger partial charge on any atom is -0.494 e. The molecule has 110 heavy (non-hydrogen) atoms. The van der Waals surface area contributed by atoms with Crippen molar-refractivity contribution in [2.75, 3.05) is 39.6 Å². The van der Waals surface area contributed by atoms with E-state index >= 15 is 0 Å². The Morgan fingerprint density at radius 1 is 0.191 bits per heavy atom. The van der Waals surface area contributed by atoms with Crippen molar-refractivity contribution < 1.29 is 29.2 Å². The summed E-state index contributed by atoms with van der Waals surface area (Å²) in [5, 5.41) is 29.6.